The topological polar surface area (TPSA) is 82.1 Å². The number of rotatable bonds is 6. The van der Waals surface area contributed by atoms with Gasteiger partial charge in [-0.3, -0.25) is 0 Å². The van der Waals surface area contributed by atoms with E-state index in [1.807, 2.05) is 26.0 Å². The molecule has 3 rings (SSSR count). The van der Waals surface area contributed by atoms with Crippen molar-refractivity contribution in [3.05, 3.63) is 33.8 Å². The number of halogens is 1. The van der Waals surface area contributed by atoms with Crippen molar-refractivity contribution in [3.63, 3.8) is 0 Å². The fourth-order valence-electron chi connectivity index (χ4n) is 3.39. The molecule has 0 spiro atoms. The number of ether oxygens (including phenoxy) is 2. The summed E-state index contributed by atoms with van der Waals surface area (Å²) in [6.45, 7) is 3.89. The molecule has 2 heterocycles. The highest BCUT2D eigenvalue weighted by molar-refractivity contribution is 7.20. The van der Waals surface area contributed by atoms with E-state index < -0.39 is 0 Å². The molecule has 150 valence electrons. The maximum atomic E-state index is 6.30. The molecule has 28 heavy (non-hydrogen) atoms. The number of pyridine rings is 1. The lowest BCUT2D eigenvalue weighted by Gasteiger charge is -2.27. The number of nitrogens with zero attached hydrogens (tertiary/aromatic N) is 3. The number of nitrogens with two attached hydrogens (primary N) is 1. The quantitative estimate of drug-likeness (QED) is 0.514. The molecule has 1 fully saturated rings. The van der Waals surface area contributed by atoms with Crippen LogP contribution in [0, 0.1) is 6.92 Å². The Balaban J connectivity index is 1.85. The van der Waals surface area contributed by atoms with E-state index in [2.05, 4.69) is 9.98 Å². The molecule has 8 heteroatoms. The van der Waals surface area contributed by atoms with Crippen molar-refractivity contribution in [3.8, 4) is 5.88 Å². The van der Waals surface area contributed by atoms with Gasteiger partial charge in [-0.05, 0) is 57.2 Å². The minimum atomic E-state index is 0.130. The van der Waals surface area contributed by atoms with Crippen LogP contribution in [0.2, 0.25) is 4.34 Å². The first-order valence-corrected chi connectivity index (χ1v) is 10.5. The molecule has 2 aromatic rings. The molecule has 0 bridgehead atoms. The lowest BCUT2D eigenvalue weighted by molar-refractivity contribution is 0.0316. The summed E-state index contributed by atoms with van der Waals surface area (Å²) >= 11 is 7.69. The van der Waals surface area contributed by atoms with Crippen molar-refractivity contribution < 1.29 is 9.47 Å². The summed E-state index contributed by atoms with van der Waals surface area (Å²) in [5.41, 5.74) is 8.81. The Kier molecular flexibility index (Phi) is 7.04. The van der Waals surface area contributed by atoms with E-state index in [1.165, 1.54) is 17.7 Å². The van der Waals surface area contributed by atoms with Crippen LogP contribution < -0.4 is 10.5 Å². The van der Waals surface area contributed by atoms with Crippen molar-refractivity contribution in [2.75, 3.05) is 7.11 Å². The van der Waals surface area contributed by atoms with Crippen LogP contribution in [0.15, 0.2) is 28.3 Å². The molecule has 1 aliphatic rings. The monoisotopic (exact) mass is 420 g/mol. The van der Waals surface area contributed by atoms with Crippen LogP contribution in [0.4, 0.5) is 10.7 Å². The molecule has 1 saturated carbocycles. The highest BCUT2D eigenvalue weighted by Gasteiger charge is 2.23. The summed E-state index contributed by atoms with van der Waals surface area (Å²) in [6.07, 6.45) is 7.35. The van der Waals surface area contributed by atoms with E-state index in [4.69, 9.17) is 31.8 Å². The number of aromatic nitrogens is 1. The van der Waals surface area contributed by atoms with Gasteiger partial charge in [0.15, 0.2) is 0 Å². The minimum absolute atomic E-state index is 0.130. The van der Waals surface area contributed by atoms with Gasteiger partial charge in [0, 0.05) is 24.6 Å². The number of methoxy groups -OCH3 is 1. The van der Waals surface area contributed by atoms with Crippen molar-refractivity contribution in [1.82, 2.24) is 4.98 Å². The highest BCUT2D eigenvalue weighted by atomic mass is 35.5. The first-order chi connectivity index (χ1) is 13.5. The summed E-state index contributed by atoms with van der Waals surface area (Å²) in [7, 11) is 1.77. The molecule has 2 aromatic heterocycles. The third-order valence-electron chi connectivity index (χ3n) is 4.90. The Morgan fingerprint density at radius 3 is 2.71 bits per heavy atom. The van der Waals surface area contributed by atoms with Gasteiger partial charge in [-0.2, -0.15) is 0 Å². The van der Waals surface area contributed by atoms with Gasteiger partial charge in [0.1, 0.15) is 16.8 Å². The smallest absolute Gasteiger partial charge is 0.240 e. The number of aliphatic imine (C=N–C) groups is 2. The average molecular weight is 421 g/mol. The van der Waals surface area contributed by atoms with Gasteiger partial charge in [-0.1, -0.05) is 11.6 Å². The summed E-state index contributed by atoms with van der Waals surface area (Å²) in [6, 6.07) is 3.76. The first-order valence-electron chi connectivity index (χ1n) is 9.26. The molecule has 0 unspecified atom stereocenters. The van der Waals surface area contributed by atoms with Crippen molar-refractivity contribution in [2.45, 2.75) is 51.7 Å². The third-order valence-corrected chi connectivity index (χ3v) is 6.40. The van der Waals surface area contributed by atoms with Gasteiger partial charge in [0.2, 0.25) is 5.88 Å². The van der Waals surface area contributed by atoms with Crippen molar-refractivity contribution >= 4 is 45.7 Å². The maximum Gasteiger partial charge on any atom is 0.240 e. The van der Waals surface area contributed by atoms with Crippen LogP contribution in [0.25, 0.3) is 0 Å². The van der Waals surface area contributed by atoms with Crippen LogP contribution in [-0.2, 0) is 4.74 Å². The second kappa shape index (κ2) is 9.49. The first kappa shape index (κ1) is 20.8. The Labute approximate surface area is 174 Å². The van der Waals surface area contributed by atoms with E-state index in [0.717, 1.165) is 47.5 Å². The van der Waals surface area contributed by atoms with E-state index in [1.54, 1.807) is 13.3 Å². The lowest BCUT2D eigenvalue weighted by Crippen LogP contribution is -2.27. The number of thiophene rings is 1. The van der Waals surface area contributed by atoms with Crippen LogP contribution in [0.3, 0.4) is 0 Å². The molecule has 0 aromatic carbocycles. The molecule has 0 amide bonds. The Hall–Kier alpha value is -1.96. The Morgan fingerprint density at radius 2 is 2.04 bits per heavy atom. The van der Waals surface area contributed by atoms with E-state index in [0.29, 0.717) is 22.0 Å². The normalized spacial score (nSPS) is 20.6. The van der Waals surface area contributed by atoms with Gasteiger partial charge in [-0.25, -0.2) is 15.0 Å². The zero-order chi connectivity index (χ0) is 20.1. The molecule has 0 aliphatic heterocycles. The molecule has 2 N–H and O–H groups in total. The second-order valence-corrected chi connectivity index (χ2v) is 8.34. The molecule has 0 atom stereocenters. The molecular weight excluding hydrogens is 396 g/mol. The van der Waals surface area contributed by atoms with Gasteiger partial charge < -0.3 is 15.2 Å². The Bertz CT molecular complexity index is 873. The standard InChI is InChI=1S/C20H25ClN4O2S/c1-12-17(20(24-11-22)28-18(12)21)13(2)25-16-5-4-10-23-19(16)27-15-8-6-14(26-3)7-9-15/h4-5,10-11,14-15H,6-9H2,1-3H3,(H2,22,24). The third kappa shape index (κ3) is 4.71. The largest absolute Gasteiger partial charge is 0.473 e. The summed E-state index contributed by atoms with van der Waals surface area (Å²) in [4.78, 5) is 13.4. The molecule has 1 aliphatic carbocycles. The molecule has 6 nitrogen and oxygen atoms in total. The van der Waals surface area contributed by atoms with Gasteiger partial charge in [0.25, 0.3) is 0 Å². The van der Waals surface area contributed by atoms with Crippen LogP contribution in [0.1, 0.15) is 43.7 Å². The zero-order valence-corrected chi connectivity index (χ0v) is 17.9. The van der Waals surface area contributed by atoms with E-state index in [-0.39, 0.29) is 6.10 Å². The average Bonchev–Trinajstić information content (AvgIpc) is 2.98. The molecule has 0 radical (unpaired) electrons. The zero-order valence-electron chi connectivity index (χ0n) is 16.3. The van der Waals surface area contributed by atoms with Gasteiger partial charge in [0.05, 0.1) is 16.8 Å². The van der Waals surface area contributed by atoms with Crippen molar-refractivity contribution in [2.24, 2.45) is 15.7 Å². The van der Waals surface area contributed by atoms with Crippen molar-refractivity contribution in [1.29, 1.82) is 0 Å². The summed E-state index contributed by atoms with van der Waals surface area (Å²) in [5, 5.41) is 0.746. The van der Waals surface area contributed by atoms with E-state index >= 15 is 0 Å². The predicted octanol–water partition coefficient (Wildman–Crippen LogP) is 5.20. The van der Waals surface area contributed by atoms with Gasteiger partial charge in [-0.15, -0.1) is 11.3 Å². The predicted molar refractivity (Wildman–Crippen MR) is 116 cm³/mol. The summed E-state index contributed by atoms with van der Waals surface area (Å²) < 4.78 is 12.3. The molecular formula is C20H25ClN4O2S. The van der Waals surface area contributed by atoms with Gasteiger partial charge >= 0.3 is 0 Å². The fourth-order valence-corrected chi connectivity index (χ4v) is 4.65. The van der Waals surface area contributed by atoms with Crippen LogP contribution in [0.5, 0.6) is 5.88 Å². The van der Waals surface area contributed by atoms with Crippen LogP contribution in [-0.4, -0.2) is 36.4 Å². The fraction of sp³-hybridized carbons (Fsp3) is 0.450. The summed E-state index contributed by atoms with van der Waals surface area (Å²) in [5.74, 6) is 0.547. The van der Waals surface area contributed by atoms with E-state index in [9.17, 15) is 0 Å². The molecule has 0 saturated heterocycles. The van der Waals surface area contributed by atoms with Crippen LogP contribution >= 0.6 is 22.9 Å². The number of hydrogen-bond donors (Lipinski definition) is 1. The lowest BCUT2D eigenvalue weighted by atomic mass is 9.95. The SMILES string of the molecule is COC1CCC(Oc2ncccc2N=C(C)c2c(N=CN)sc(Cl)c2C)CC1. The minimum Gasteiger partial charge on any atom is -0.473 e. The second-order valence-electron chi connectivity index (χ2n) is 6.74. The Morgan fingerprint density at radius 1 is 1.32 bits per heavy atom. The number of hydrogen-bond acceptors (Lipinski definition) is 6. The highest BCUT2D eigenvalue weighted by Crippen LogP contribution is 2.40. The maximum absolute atomic E-state index is 6.30.